The zero-order valence-corrected chi connectivity index (χ0v) is 17.0. The third kappa shape index (κ3) is 3.40. The highest BCUT2D eigenvalue weighted by atomic mass is 16.5. The van der Waals surface area contributed by atoms with E-state index in [1.165, 1.54) is 0 Å². The van der Waals surface area contributed by atoms with E-state index in [0.717, 1.165) is 22.5 Å². The topological polar surface area (TPSA) is 116 Å². The Labute approximate surface area is 174 Å². The first kappa shape index (κ1) is 19.6. The maximum atomic E-state index is 9.90. The number of nitrogens with one attached hydrogen (secondary N) is 2. The number of methoxy groups -OCH3 is 1. The van der Waals surface area contributed by atoms with Crippen LogP contribution in [0, 0.1) is 18.3 Å². The molecule has 0 amide bonds. The monoisotopic (exact) mass is 402 g/mol. The van der Waals surface area contributed by atoms with Crippen molar-refractivity contribution in [3.63, 3.8) is 0 Å². The van der Waals surface area contributed by atoms with Crippen LogP contribution in [0.2, 0.25) is 0 Å². The average molecular weight is 402 g/mol. The van der Waals surface area contributed by atoms with Crippen molar-refractivity contribution >= 4 is 17.3 Å². The van der Waals surface area contributed by atoms with Gasteiger partial charge in [0.25, 0.3) is 0 Å². The molecule has 8 nitrogen and oxygen atoms in total. The van der Waals surface area contributed by atoms with E-state index in [1.54, 1.807) is 31.6 Å². The number of aromatic nitrogens is 3. The largest absolute Gasteiger partial charge is 0.493 e. The fourth-order valence-corrected chi connectivity index (χ4v) is 3.57. The molecule has 4 rings (SSSR count). The molecule has 1 aliphatic heterocycles. The number of pyridine rings is 1. The zero-order chi connectivity index (χ0) is 21.3. The molecule has 0 fully saturated rings. The van der Waals surface area contributed by atoms with Crippen molar-refractivity contribution in [2.24, 2.45) is 0 Å². The van der Waals surface area contributed by atoms with Crippen LogP contribution in [-0.2, 0) is 5.41 Å². The maximum Gasteiger partial charge on any atom is 0.227 e. The number of fused-ring (bicyclic) bond motifs is 1. The Morgan fingerprint density at radius 3 is 2.90 bits per heavy atom. The lowest BCUT2D eigenvalue weighted by atomic mass is 9.83. The van der Waals surface area contributed by atoms with Gasteiger partial charge in [0.2, 0.25) is 5.95 Å². The van der Waals surface area contributed by atoms with E-state index in [1.807, 2.05) is 26.0 Å². The number of ether oxygens (including phenoxy) is 1. The van der Waals surface area contributed by atoms with E-state index < -0.39 is 5.41 Å². The molecule has 1 aromatic carbocycles. The lowest BCUT2D eigenvalue weighted by Gasteiger charge is -2.21. The van der Waals surface area contributed by atoms with Crippen LogP contribution < -0.4 is 15.4 Å². The van der Waals surface area contributed by atoms with Crippen molar-refractivity contribution in [3.05, 3.63) is 53.5 Å². The summed E-state index contributed by atoms with van der Waals surface area (Å²) >= 11 is 0. The highest BCUT2D eigenvalue weighted by molar-refractivity contribution is 5.76. The van der Waals surface area contributed by atoms with Gasteiger partial charge in [-0.2, -0.15) is 5.26 Å². The molecule has 1 atom stereocenters. The van der Waals surface area contributed by atoms with Crippen LogP contribution in [0.4, 0.5) is 17.3 Å². The molecule has 0 saturated carbocycles. The molecule has 0 radical (unpaired) electrons. The molecule has 0 saturated heterocycles. The lowest BCUT2D eigenvalue weighted by molar-refractivity contribution is 0.219. The van der Waals surface area contributed by atoms with Gasteiger partial charge in [-0.3, -0.25) is 4.98 Å². The minimum Gasteiger partial charge on any atom is -0.493 e. The number of rotatable bonds is 5. The van der Waals surface area contributed by atoms with Gasteiger partial charge >= 0.3 is 0 Å². The quantitative estimate of drug-likeness (QED) is 0.596. The number of anilines is 3. The van der Waals surface area contributed by atoms with E-state index in [4.69, 9.17) is 4.74 Å². The van der Waals surface area contributed by atoms with Crippen LogP contribution in [-0.4, -0.2) is 40.3 Å². The Kier molecular flexibility index (Phi) is 4.98. The Hall–Kier alpha value is -3.70. The molecule has 0 bridgehead atoms. The molecule has 2 aromatic heterocycles. The molecule has 3 heterocycles. The van der Waals surface area contributed by atoms with Crippen molar-refractivity contribution in [2.45, 2.75) is 19.3 Å². The minimum absolute atomic E-state index is 0.0148. The highest BCUT2D eigenvalue weighted by Crippen LogP contribution is 2.41. The summed E-state index contributed by atoms with van der Waals surface area (Å²) in [6.45, 7) is 4.43. The molecule has 30 heavy (non-hydrogen) atoms. The summed E-state index contributed by atoms with van der Waals surface area (Å²) in [6, 6.07) is 9.69. The van der Waals surface area contributed by atoms with E-state index in [2.05, 4.69) is 31.7 Å². The first-order valence-electron chi connectivity index (χ1n) is 9.52. The molecule has 0 aliphatic carbocycles. The van der Waals surface area contributed by atoms with Gasteiger partial charge in [-0.25, -0.2) is 9.97 Å². The van der Waals surface area contributed by atoms with Gasteiger partial charge in [-0.1, -0.05) is 6.92 Å². The van der Waals surface area contributed by atoms with Gasteiger partial charge in [0.15, 0.2) is 5.75 Å². The van der Waals surface area contributed by atoms with Crippen molar-refractivity contribution < 1.29 is 9.84 Å². The average Bonchev–Trinajstić information content (AvgIpc) is 3.11. The molecule has 0 spiro atoms. The normalized spacial score (nSPS) is 17.0. The third-order valence-corrected chi connectivity index (χ3v) is 5.34. The van der Waals surface area contributed by atoms with E-state index in [0.29, 0.717) is 35.2 Å². The number of hydrogen-bond acceptors (Lipinski definition) is 8. The number of aliphatic hydroxyl groups excluding tert-OH is 1. The molecule has 0 unspecified atom stereocenters. The smallest absolute Gasteiger partial charge is 0.227 e. The molecule has 8 heteroatoms. The van der Waals surface area contributed by atoms with Gasteiger partial charge in [0.05, 0.1) is 42.5 Å². The third-order valence-electron chi connectivity index (χ3n) is 5.34. The maximum absolute atomic E-state index is 9.90. The summed E-state index contributed by atoms with van der Waals surface area (Å²) in [6.07, 6.45) is 3.30. The molecular weight excluding hydrogens is 380 g/mol. The van der Waals surface area contributed by atoms with Crippen LogP contribution in [0.15, 0.2) is 36.7 Å². The number of aliphatic hydroxyl groups is 1. The van der Waals surface area contributed by atoms with Crippen LogP contribution in [0.25, 0.3) is 11.3 Å². The molecule has 152 valence electrons. The Morgan fingerprint density at radius 1 is 1.33 bits per heavy atom. The predicted octanol–water partition coefficient (Wildman–Crippen LogP) is 3.15. The summed E-state index contributed by atoms with van der Waals surface area (Å²) < 4.78 is 5.36. The second-order valence-electron chi connectivity index (χ2n) is 7.55. The highest BCUT2D eigenvalue weighted by Gasteiger charge is 2.35. The fourth-order valence-electron chi connectivity index (χ4n) is 3.57. The Bertz CT molecular complexity index is 1160. The predicted molar refractivity (Wildman–Crippen MR) is 114 cm³/mol. The van der Waals surface area contributed by atoms with Crippen molar-refractivity contribution in [1.82, 2.24) is 15.0 Å². The van der Waals surface area contributed by atoms with E-state index in [9.17, 15) is 10.4 Å². The first-order valence-corrected chi connectivity index (χ1v) is 9.52. The zero-order valence-electron chi connectivity index (χ0n) is 17.0. The second-order valence-corrected chi connectivity index (χ2v) is 7.55. The minimum atomic E-state index is -0.451. The number of nitrogens with zero attached hydrogens (tertiary/aromatic N) is 4. The molecular formula is C22H22N6O2. The van der Waals surface area contributed by atoms with Crippen molar-refractivity contribution in [2.75, 3.05) is 30.9 Å². The standard InChI is InChI=1S/C22H22N6O2/c1-13-6-18(19(30-3)10-25-13)28-21-24-5-4-17(27-21)14-7-15(9-23)20-16(8-14)22(2,12-29)11-26-20/h4-8,10,26,29H,11-12H2,1-3H3,(H,24,25,27,28)/t22-/m1/s1. The summed E-state index contributed by atoms with van der Waals surface area (Å²) in [5.74, 6) is 0.988. The SMILES string of the molecule is COc1cnc(C)cc1Nc1nccc(-c2cc(C#N)c3c(c2)[C@@](C)(CO)CN3)n1. The summed E-state index contributed by atoms with van der Waals surface area (Å²) in [5, 5.41) is 26.0. The fraction of sp³-hybridized carbons (Fsp3) is 0.273. The van der Waals surface area contributed by atoms with Crippen LogP contribution >= 0.6 is 0 Å². The summed E-state index contributed by atoms with van der Waals surface area (Å²) in [4.78, 5) is 13.2. The van der Waals surface area contributed by atoms with Gasteiger partial charge in [-0.15, -0.1) is 0 Å². The van der Waals surface area contributed by atoms with Gasteiger partial charge in [-0.05, 0) is 36.8 Å². The van der Waals surface area contributed by atoms with Crippen molar-refractivity contribution in [3.8, 4) is 23.1 Å². The Balaban J connectivity index is 1.75. The number of hydrogen-bond donors (Lipinski definition) is 3. The van der Waals surface area contributed by atoms with Gasteiger partial charge in [0, 0.05) is 29.4 Å². The number of nitriles is 1. The second kappa shape index (κ2) is 7.61. The van der Waals surface area contributed by atoms with Crippen LogP contribution in [0.1, 0.15) is 23.7 Å². The number of aryl methyl sites for hydroxylation is 1. The Morgan fingerprint density at radius 2 is 2.17 bits per heavy atom. The number of benzene rings is 1. The molecule has 3 N–H and O–H groups in total. The van der Waals surface area contributed by atoms with Crippen molar-refractivity contribution in [1.29, 1.82) is 5.26 Å². The molecule has 3 aromatic rings. The summed E-state index contributed by atoms with van der Waals surface area (Å²) in [7, 11) is 1.58. The van der Waals surface area contributed by atoms with E-state index in [-0.39, 0.29) is 6.61 Å². The lowest BCUT2D eigenvalue weighted by Crippen LogP contribution is -2.28. The van der Waals surface area contributed by atoms with Crippen LogP contribution in [0.3, 0.4) is 0 Å². The van der Waals surface area contributed by atoms with E-state index >= 15 is 0 Å². The summed E-state index contributed by atoms with van der Waals surface area (Å²) in [5.41, 5.74) is 4.78. The van der Waals surface area contributed by atoms with Gasteiger partial charge < -0.3 is 20.5 Å². The molecule has 1 aliphatic rings. The van der Waals surface area contributed by atoms with Crippen LogP contribution in [0.5, 0.6) is 5.75 Å². The van der Waals surface area contributed by atoms with Gasteiger partial charge in [0.1, 0.15) is 6.07 Å². The first-order chi connectivity index (χ1) is 14.5.